The third-order valence-corrected chi connectivity index (χ3v) is 4.39. The quantitative estimate of drug-likeness (QED) is 0.817. The van der Waals surface area contributed by atoms with E-state index in [0.717, 1.165) is 24.4 Å². The van der Waals surface area contributed by atoms with Crippen molar-refractivity contribution >= 4 is 21.6 Å². The number of nitrogens with one attached hydrogen (secondary N) is 1. The molecule has 1 heterocycles. The second-order valence-electron chi connectivity index (χ2n) is 5.50. The molecule has 0 saturated carbocycles. The summed E-state index contributed by atoms with van der Waals surface area (Å²) < 4.78 is 1.31. The molecule has 0 bridgehead atoms. The second kappa shape index (κ2) is 7.01. The van der Waals surface area contributed by atoms with Crippen LogP contribution in [-0.4, -0.2) is 17.6 Å². The zero-order chi connectivity index (χ0) is 13.7. The lowest BCUT2D eigenvalue weighted by Gasteiger charge is -2.19. The van der Waals surface area contributed by atoms with Gasteiger partial charge in [-0.15, -0.1) is 11.3 Å². The standard InChI is InChI=1S/C16H24N2S/c1-4-17-13(11-12(2)3)9-10-16-18-14-7-5-6-8-15(14)19-16/h5-8,12-13,17H,4,9-11H2,1-3H3. The molecule has 0 amide bonds. The maximum absolute atomic E-state index is 4.71. The van der Waals surface area contributed by atoms with Crippen LogP contribution in [0.5, 0.6) is 0 Å². The van der Waals surface area contributed by atoms with Crippen molar-refractivity contribution in [2.75, 3.05) is 6.54 Å². The molecule has 0 aliphatic rings. The molecule has 0 spiro atoms. The van der Waals surface area contributed by atoms with E-state index in [-0.39, 0.29) is 0 Å². The fourth-order valence-electron chi connectivity index (χ4n) is 2.49. The van der Waals surface area contributed by atoms with Gasteiger partial charge in [-0.3, -0.25) is 0 Å². The van der Waals surface area contributed by atoms with Crippen LogP contribution in [0.25, 0.3) is 10.2 Å². The predicted octanol–water partition coefficient (Wildman–Crippen LogP) is 4.25. The number of rotatable bonds is 7. The Morgan fingerprint density at radius 2 is 2.05 bits per heavy atom. The summed E-state index contributed by atoms with van der Waals surface area (Å²) in [6, 6.07) is 9.03. The molecule has 1 aromatic carbocycles. The highest BCUT2D eigenvalue weighted by Crippen LogP contribution is 2.23. The van der Waals surface area contributed by atoms with Gasteiger partial charge in [0.05, 0.1) is 15.2 Å². The molecule has 2 rings (SSSR count). The lowest BCUT2D eigenvalue weighted by atomic mass is 10.00. The van der Waals surface area contributed by atoms with E-state index >= 15 is 0 Å². The molecule has 0 aliphatic heterocycles. The monoisotopic (exact) mass is 276 g/mol. The van der Waals surface area contributed by atoms with Crippen LogP contribution in [0.3, 0.4) is 0 Å². The summed E-state index contributed by atoms with van der Waals surface area (Å²) in [4.78, 5) is 4.71. The van der Waals surface area contributed by atoms with Gasteiger partial charge in [0.1, 0.15) is 0 Å². The summed E-state index contributed by atoms with van der Waals surface area (Å²) in [5.41, 5.74) is 1.14. The summed E-state index contributed by atoms with van der Waals surface area (Å²) in [5.74, 6) is 0.749. The molecule has 104 valence electrons. The third kappa shape index (κ3) is 4.29. The lowest BCUT2D eigenvalue weighted by Crippen LogP contribution is -2.30. The van der Waals surface area contributed by atoms with Crippen molar-refractivity contribution < 1.29 is 0 Å². The summed E-state index contributed by atoms with van der Waals surface area (Å²) in [6.45, 7) is 7.83. The van der Waals surface area contributed by atoms with Crippen LogP contribution in [0.2, 0.25) is 0 Å². The van der Waals surface area contributed by atoms with E-state index in [9.17, 15) is 0 Å². The van der Waals surface area contributed by atoms with E-state index in [1.807, 2.05) is 11.3 Å². The smallest absolute Gasteiger partial charge is 0.0939 e. The van der Waals surface area contributed by atoms with E-state index in [2.05, 4.69) is 50.4 Å². The number of fused-ring (bicyclic) bond motifs is 1. The number of hydrogen-bond acceptors (Lipinski definition) is 3. The summed E-state index contributed by atoms with van der Waals surface area (Å²) in [6.07, 6.45) is 3.52. The van der Waals surface area contributed by atoms with Gasteiger partial charge in [0.2, 0.25) is 0 Å². The first-order valence-corrected chi connectivity index (χ1v) is 8.08. The van der Waals surface area contributed by atoms with Crippen molar-refractivity contribution in [3.63, 3.8) is 0 Å². The summed E-state index contributed by atoms with van der Waals surface area (Å²) in [7, 11) is 0. The van der Waals surface area contributed by atoms with Crippen molar-refractivity contribution in [1.82, 2.24) is 10.3 Å². The second-order valence-corrected chi connectivity index (χ2v) is 6.61. The first-order valence-electron chi connectivity index (χ1n) is 7.27. The maximum atomic E-state index is 4.71. The van der Waals surface area contributed by atoms with Gasteiger partial charge in [0.25, 0.3) is 0 Å². The average molecular weight is 276 g/mol. The van der Waals surface area contributed by atoms with Crippen LogP contribution >= 0.6 is 11.3 Å². The zero-order valence-electron chi connectivity index (χ0n) is 12.1. The third-order valence-electron chi connectivity index (χ3n) is 3.29. The number of benzene rings is 1. The molecule has 1 aromatic heterocycles. The van der Waals surface area contributed by atoms with Crippen LogP contribution in [0, 0.1) is 5.92 Å². The van der Waals surface area contributed by atoms with Gasteiger partial charge >= 0.3 is 0 Å². The number of nitrogens with zero attached hydrogens (tertiary/aromatic N) is 1. The van der Waals surface area contributed by atoms with Gasteiger partial charge in [-0.1, -0.05) is 32.9 Å². The van der Waals surface area contributed by atoms with Gasteiger partial charge in [-0.25, -0.2) is 4.98 Å². The highest BCUT2D eigenvalue weighted by atomic mass is 32.1. The first kappa shape index (κ1) is 14.5. The highest BCUT2D eigenvalue weighted by molar-refractivity contribution is 7.18. The molecule has 3 heteroatoms. The number of aromatic nitrogens is 1. The van der Waals surface area contributed by atoms with Gasteiger partial charge in [-0.2, -0.15) is 0 Å². The Kier molecular flexibility index (Phi) is 5.34. The normalized spacial score (nSPS) is 13.3. The Hall–Kier alpha value is -0.930. The van der Waals surface area contributed by atoms with Gasteiger partial charge in [0, 0.05) is 12.5 Å². The van der Waals surface area contributed by atoms with Crippen LogP contribution in [0.1, 0.15) is 38.6 Å². The van der Waals surface area contributed by atoms with E-state index in [4.69, 9.17) is 4.98 Å². The minimum Gasteiger partial charge on any atom is -0.314 e. The van der Waals surface area contributed by atoms with E-state index in [1.165, 1.54) is 22.5 Å². The van der Waals surface area contributed by atoms with Crippen LogP contribution in [-0.2, 0) is 6.42 Å². The zero-order valence-corrected chi connectivity index (χ0v) is 13.0. The summed E-state index contributed by atoms with van der Waals surface area (Å²) in [5, 5.41) is 4.87. The molecule has 0 radical (unpaired) electrons. The molecule has 2 nitrogen and oxygen atoms in total. The number of aryl methyl sites for hydroxylation is 1. The van der Waals surface area contributed by atoms with E-state index in [0.29, 0.717) is 6.04 Å². The number of para-hydroxylation sites is 1. The highest BCUT2D eigenvalue weighted by Gasteiger charge is 2.11. The van der Waals surface area contributed by atoms with Crippen molar-refractivity contribution in [3.8, 4) is 0 Å². The largest absolute Gasteiger partial charge is 0.314 e. The van der Waals surface area contributed by atoms with E-state index < -0.39 is 0 Å². The minimum absolute atomic E-state index is 0.622. The SMILES string of the molecule is CCNC(CCc1nc2ccccc2s1)CC(C)C. The molecule has 1 N–H and O–H groups in total. The fraction of sp³-hybridized carbons (Fsp3) is 0.562. The summed E-state index contributed by atoms with van der Waals surface area (Å²) >= 11 is 1.84. The fourth-order valence-corrected chi connectivity index (χ4v) is 3.47. The van der Waals surface area contributed by atoms with Gasteiger partial charge in [-0.05, 0) is 37.4 Å². The molecule has 19 heavy (non-hydrogen) atoms. The van der Waals surface area contributed by atoms with Crippen LogP contribution in [0.15, 0.2) is 24.3 Å². The molecule has 0 fully saturated rings. The Morgan fingerprint density at radius 1 is 1.26 bits per heavy atom. The minimum atomic E-state index is 0.622. The van der Waals surface area contributed by atoms with Crippen molar-refractivity contribution in [2.45, 2.75) is 46.1 Å². The molecule has 0 aliphatic carbocycles. The molecule has 1 unspecified atom stereocenters. The Labute approximate surface area is 120 Å². The number of thiazole rings is 1. The van der Waals surface area contributed by atoms with Gasteiger partial charge in [0.15, 0.2) is 0 Å². The molecule has 0 saturated heterocycles. The van der Waals surface area contributed by atoms with Crippen molar-refractivity contribution in [1.29, 1.82) is 0 Å². The average Bonchev–Trinajstić information content (AvgIpc) is 2.78. The Bertz CT molecular complexity index is 471. The molecular formula is C16H24N2S. The number of hydrogen-bond donors (Lipinski definition) is 1. The van der Waals surface area contributed by atoms with Crippen molar-refractivity contribution in [3.05, 3.63) is 29.3 Å². The Balaban J connectivity index is 1.95. The van der Waals surface area contributed by atoms with Gasteiger partial charge < -0.3 is 5.32 Å². The van der Waals surface area contributed by atoms with Crippen molar-refractivity contribution in [2.24, 2.45) is 5.92 Å². The van der Waals surface area contributed by atoms with Crippen LogP contribution in [0.4, 0.5) is 0 Å². The van der Waals surface area contributed by atoms with Crippen LogP contribution < -0.4 is 5.32 Å². The molecule has 1 atom stereocenters. The Morgan fingerprint density at radius 3 is 2.74 bits per heavy atom. The predicted molar refractivity (Wildman–Crippen MR) is 84.9 cm³/mol. The maximum Gasteiger partial charge on any atom is 0.0939 e. The molecule has 2 aromatic rings. The first-order chi connectivity index (χ1) is 9.19. The lowest BCUT2D eigenvalue weighted by molar-refractivity contribution is 0.405. The van der Waals surface area contributed by atoms with E-state index in [1.54, 1.807) is 0 Å². The topological polar surface area (TPSA) is 24.9 Å². The molecular weight excluding hydrogens is 252 g/mol.